The van der Waals surface area contributed by atoms with Crippen LogP contribution in [0.25, 0.3) is 0 Å². The molecule has 2 aromatic carbocycles. The van der Waals surface area contributed by atoms with Gasteiger partial charge in [-0.05, 0) is 24.3 Å². The number of hydrogen-bond donors (Lipinski definition) is 1. The number of benzene rings is 2. The van der Waals surface area contributed by atoms with Crippen molar-refractivity contribution in [1.82, 2.24) is 0 Å². The molecule has 0 radical (unpaired) electrons. The number of ether oxygens (including phenoxy) is 1. The minimum absolute atomic E-state index is 0.0848. The highest BCUT2D eigenvalue weighted by atomic mass is 35.5. The van der Waals surface area contributed by atoms with Gasteiger partial charge in [0.25, 0.3) is 5.69 Å². The Morgan fingerprint density at radius 2 is 1.88 bits per heavy atom. The van der Waals surface area contributed by atoms with E-state index in [1.165, 1.54) is 0 Å². The number of nitro benzene ring substituents is 1. The Labute approximate surface area is 144 Å². The van der Waals surface area contributed by atoms with E-state index in [-0.39, 0.29) is 16.5 Å². The Hall–Kier alpha value is -2.09. The standard InChI is InChI=1S/C14H10ClF3NO5P/c1-25(22,23)13-7-9(3-4-11(13)19(20)21)24-12-5-2-8(6-10(12)15)14(16,17)18/h2-7H,1H3,(H,22,23). The highest BCUT2D eigenvalue weighted by Gasteiger charge is 2.31. The molecule has 0 bridgehead atoms. The van der Waals surface area contributed by atoms with Gasteiger partial charge in [-0.1, -0.05) is 11.6 Å². The van der Waals surface area contributed by atoms with E-state index >= 15 is 0 Å². The van der Waals surface area contributed by atoms with Crippen LogP contribution >= 0.6 is 19.0 Å². The van der Waals surface area contributed by atoms with Gasteiger partial charge >= 0.3 is 6.18 Å². The monoisotopic (exact) mass is 395 g/mol. The van der Waals surface area contributed by atoms with Crippen molar-refractivity contribution in [3.63, 3.8) is 0 Å². The fourth-order valence-electron chi connectivity index (χ4n) is 1.94. The van der Waals surface area contributed by atoms with E-state index in [4.69, 9.17) is 16.3 Å². The Morgan fingerprint density at radius 3 is 2.36 bits per heavy atom. The van der Waals surface area contributed by atoms with Gasteiger partial charge in [0.2, 0.25) is 7.37 Å². The van der Waals surface area contributed by atoms with Crippen LogP contribution in [-0.4, -0.2) is 16.5 Å². The first-order valence-electron chi connectivity index (χ1n) is 6.53. The first-order chi connectivity index (χ1) is 11.4. The maximum absolute atomic E-state index is 12.6. The van der Waals surface area contributed by atoms with E-state index < -0.39 is 35.0 Å². The van der Waals surface area contributed by atoms with Crippen LogP contribution in [0.2, 0.25) is 5.02 Å². The molecule has 1 N–H and O–H groups in total. The summed E-state index contributed by atoms with van der Waals surface area (Å²) in [6.07, 6.45) is -4.57. The maximum atomic E-state index is 12.6. The third-order valence-electron chi connectivity index (χ3n) is 3.08. The average Bonchev–Trinajstić information content (AvgIpc) is 2.47. The van der Waals surface area contributed by atoms with Crippen LogP contribution in [-0.2, 0) is 10.7 Å². The second-order valence-corrected chi connectivity index (χ2v) is 7.68. The molecule has 0 spiro atoms. The number of rotatable bonds is 4. The highest BCUT2D eigenvalue weighted by molar-refractivity contribution is 7.65. The summed E-state index contributed by atoms with van der Waals surface area (Å²) in [6, 6.07) is 5.49. The summed E-state index contributed by atoms with van der Waals surface area (Å²) in [6.45, 7) is 0.921. The van der Waals surface area contributed by atoms with E-state index in [0.717, 1.165) is 37.0 Å². The van der Waals surface area contributed by atoms with Gasteiger partial charge in [-0.2, -0.15) is 13.2 Å². The molecule has 6 nitrogen and oxygen atoms in total. The summed E-state index contributed by atoms with van der Waals surface area (Å²) in [4.78, 5) is 19.7. The molecule has 134 valence electrons. The summed E-state index contributed by atoms with van der Waals surface area (Å²) < 4.78 is 54.9. The maximum Gasteiger partial charge on any atom is 0.416 e. The third-order valence-corrected chi connectivity index (χ3v) is 4.63. The van der Waals surface area contributed by atoms with Crippen molar-refractivity contribution in [2.75, 3.05) is 6.66 Å². The molecule has 0 saturated heterocycles. The molecule has 1 unspecified atom stereocenters. The van der Waals surface area contributed by atoms with Crippen molar-refractivity contribution in [1.29, 1.82) is 0 Å². The SMILES string of the molecule is CP(=O)(O)c1cc(Oc2ccc(C(F)(F)F)cc2Cl)ccc1[N+](=O)[O-]. The lowest BCUT2D eigenvalue weighted by molar-refractivity contribution is -0.383. The van der Waals surface area contributed by atoms with E-state index in [9.17, 15) is 32.7 Å². The molecule has 2 rings (SSSR count). The quantitative estimate of drug-likeness (QED) is 0.465. The normalized spacial score (nSPS) is 14.0. The molecule has 0 saturated carbocycles. The second kappa shape index (κ2) is 6.67. The van der Waals surface area contributed by atoms with Gasteiger partial charge in [-0.25, -0.2) is 0 Å². The first kappa shape index (κ1) is 19.2. The van der Waals surface area contributed by atoms with Crippen LogP contribution in [0.15, 0.2) is 36.4 Å². The Balaban J connectivity index is 2.42. The van der Waals surface area contributed by atoms with Crippen LogP contribution in [0, 0.1) is 10.1 Å². The lowest BCUT2D eigenvalue weighted by atomic mass is 10.2. The van der Waals surface area contributed by atoms with E-state index in [1.54, 1.807) is 0 Å². The van der Waals surface area contributed by atoms with Crippen LogP contribution in [0.1, 0.15) is 5.56 Å². The minimum Gasteiger partial charge on any atom is -0.456 e. The molecule has 25 heavy (non-hydrogen) atoms. The molecule has 0 heterocycles. The summed E-state index contributed by atoms with van der Waals surface area (Å²) >= 11 is 5.76. The molecule has 0 amide bonds. The Bertz CT molecular complexity index is 881. The van der Waals surface area contributed by atoms with Gasteiger partial charge in [-0.15, -0.1) is 0 Å². The van der Waals surface area contributed by atoms with Crippen LogP contribution in [0.4, 0.5) is 18.9 Å². The molecule has 0 aliphatic rings. The molecule has 11 heteroatoms. The van der Waals surface area contributed by atoms with E-state index in [0.29, 0.717) is 6.07 Å². The fraction of sp³-hybridized carbons (Fsp3) is 0.143. The first-order valence-corrected chi connectivity index (χ1v) is 9.02. The van der Waals surface area contributed by atoms with E-state index in [1.807, 2.05) is 0 Å². The smallest absolute Gasteiger partial charge is 0.416 e. The lowest BCUT2D eigenvalue weighted by Crippen LogP contribution is -2.10. The van der Waals surface area contributed by atoms with Crippen molar-refractivity contribution in [3.05, 3.63) is 57.1 Å². The number of nitrogens with zero attached hydrogens (tertiary/aromatic N) is 1. The molecule has 0 fully saturated rings. The number of hydrogen-bond acceptors (Lipinski definition) is 4. The number of nitro groups is 1. The zero-order chi connectivity index (χ0) is 19.0. The highest BCUT2D eigenvalue weighted by Crippen LogP contribution is 2.41. The molecule has 2 aromatic rings. The zero-order valence-corrected chi connectivity index (χ0v) is 14.1. The minimum atomic E-state index is -4.57. The van der Waals surface area contributed by atoms with Gasteiger partial charge in [0.15, 0.2) is 0 Å². The average molecular weight is 396 g/mol. The van der Waals surface area contributed by atoms with Crippen molar-refractivity contribution in [2.24, 2.45) is 0 Å². The zero-order valence-electron chi connectivity index (χ0n) is 12.5. The summed E-state index contributed by atoms with van der Waals surface area (Å²) in [5.74, 6) is -0.225. The number of halogens is 4. The predicted octanol–water partition coefficient (Wildman–Crippen LogP) is 4.58. The molecular formula is C14H10ClF3NO5P. The summed E-state index contributed by atoms with van der Waals surface area (Å²) in [7, 11) is -3.99. The molecule has 0 aromatic heterocycles. The van der Waals surface area contributed by atoms with Crippen molar-refractivity contribution in [2.45, 2.75) is 6.18 Å². The molecule has 0 aliphatic carbocycles. The second-order valence-electron chi connectivity index (χ2n) is 5.03. The fourth-order valence-corrected chi connectivity index (χ4v) is 3.11. The third kappa shape index (κ3) is 4.50. The molecule has 1 atom stereocenters. The summed E-state index contributed by atoms with van der Waals surface area (Å²) in [5, 5.41) is 10.1. The lowest BCUT2D eigenvalue weighted by Gasteiger charge is -2.13. The summed E-state index contributed by atoms with van der Waals surface area (Å²) in [5.41, 5.74) is -1.54. The van der Waals surface area contributed by atoms with Crippen LogP contribution in [0.5, 0.6) is 11.5 Å². The van der Waals surface area contributed by atoms with Gasteiger partial charge < -0.3 is 9.63 Å². The van der Waals surface area contributed by atoms with Gasteiger partial charge in [-0.3, -0.25) is 14.7 Å². The van der Waals surface area contributed by atoms with Gasteiger partial charge in [0, 0.05) is 18.8 Å². The molecular weight excluding hydrogens is 386 g/mol. The Morgan fingerprint density at radius 1 is 1.24 bits per heavy atom. The van der Waals surface area contributed by atoms with Crippen molar-refractivity contribution >= 4 is 30.0 Å². The van der Waals surface area contributed by atoms with Gasteiger partial charge in [0.05, 0.1) is 15.5 Å². The topological polar surface area (TPSA) is 89.7 Å². The predicted molar refractivity (Wildman–Crippen MR) is 85.0 cm³/mol. The van der Waals surface area contributed by atoms with Crippen molar-refractivity contribution in [3.8, 4) is 11.5 Å². The van der Waals surface area contributed by atoms with Gasteiger partial charge in [0.1, 0.15) is 16.8 Å². The molecule has 0 aliphatic heterocycles. The van der Waals surface area contributed by atoms with Crippen LogP contribution < -0.4 is 10.0 Å². The van der Waals surface area contributed by atoms with Crippen molar-refractivity contribution < 1.29 is 32.3 Å². The van der Waals surface area contributed by atoms with Crippen LogP contribution in [0.3, 0.4) is 0 Å². The largest absolute Gasteiger partial charge is 0.456 e. The number of alkyl halides is 3. The Kier molecular flexibility index (Phi) is 5.13. The van der Waals surface area contributed by atoms with E-state index in [2.05, 4.69) is 0 Å².